The number of benzene rings is 23. The molecule has 0 bridgehead atoms. The van der Waals surface area contributed by atoms with Crippen LogP contribution in [-0.4, -0.2) is 44.9 Å². The fourth-order valence-electron chi connectivity index (χ4n) is 20.1. The summed E-state index contributed by atoms with van der Waals surface area (Å²) >= 11 is 5.64. The molecule has 0 radical (unpaired) electrons. The zero-order valence-electron chi connectivity index (χ0n) is 68.8. The number of thiophene rings is 3. The van der Waals surface area contributed by atoms with Crippen LogP contribution in [-0.2, 0) is 0 Å². The zero-order valence-corrected chi connectivity index (χ0v) is 71.2. The Morgan fingerprint density at radius 1 is 0.132 bits per heavy atom. The van der Waals surface area contributed by atoms with Crippen molar-refractivity contribution in [3.63, 3.8) is 0 Å². The van der Waals surface area contributed by atoms with Gasteiger partial charge in [-0.3, -0.25) is 0 Å². The molecule has 29 aromatic rings. The average Bonchev–Trinajstić information content (AvgIpc) is 1.58. The van der Waals surface area contributed by atoms with Crippen LogP contribution in [0.2, 0.25) is 0 Å². The molecule has 0 saturated heterocycles. The second-order valence-electron chi connectivity index (χ2n) is 33.2. The van der Waals surface area contributed by atoms with Crippen LogP contribution in [0.1, 0.15) is 0 Å². The van der Waals surface area contributed by atoms with Crippen molar-refractivity contribution >= 4 is 191 Å². The minimum absolute atomic E-state index is 0.664. The molecule has 9 nitrogen and oxygen atoms in total. The molecule has 0 spiro atoms. The average molecular weight is 1690 g/mol. The Hall–Kier alpha value is -16.4. The van der Waals surface area contributed by atoms with Gasteiger partial charge in [0.15, 0.2) is 52.4 Å². The zero-order chi connectivity index (χ0) is 84.5. The van der Waals surface area contributed by atoms with Crippen molar-refractivity contribution in [1.29, 1.82) is 0 Å². The Balaban J connectivity index is 0.000000100. The molecule has 0 aliphatic heterocycles. The summed E-state index contributed by atoms with van der Waals surface area (Å²) in [7, 11) is 0. The van der Waals surface area contributed by atoms with E-state index in [1.165, 1.54) is 174 Å². The van der Waals surface area contributed by atoms with E-state index in [0.29, 0.717) is 52.4 Å². The van der Waals surface area contributed by atoms with E-state index in [1.54, 1.807) is 0 Å². The van der Waals surface area contributed by atoms with E-state index in [1.807, 2.05) is 192 Å². The Morgan fingerprint density at radius 2 is 0.364 bits per heavy atom. The molecule has 0 aliphatic rings. The molecule has 6 aromatic heterocycles. The number of hydrogen-bond acceptors (Lipinski definition) is 12. The number of aromatic nitrogens is 9. The third-order valence-corrected chi connectivity index (χ3v) is 29.4. The Bertz CT molecular complexity index is 9250. The first-order valence-corrected chi connectivity index (χ1v) is 45.7. The molecule has 0 N–H and O–H groups in total. The van der Waals surface area contributed by atoms with Gasteiger partial charge in [-0.25, -0.2) is 44.9 Å². The maximum Gasteiger partial charge on any atom is 0.165 e. The fraction of sp³-hybridized carbons (Fsp3) is 0. The van der Waals surface area contributed by atoms with Gasteiger partial charge in [0, 0.05) is 122 Å². The van der Waals surface area contributed by atoms with Crippen LogP contribution in [0.4, 0.5) is 0 Å². The van der Waals surface area contributed by atoms with Gasteiger partial charge < -0.3 is 0 Å². The molecule has 6 heterocycles. The molecular formula is C117H65N9S3. The lowest BCUT2D eigenvalue weighted by Crippen LogP contribution is -2.00. The Morgan fingerprint density at radius 3 is 0.698 bits per heavy atom. The molecule has 23 aromatic carbocycles. The number of fused-ring (bicyclic) bond motifs is 3. The summed E-state index contributed by atoms with van der Waals surface area (Å²) in [5.74, 6) is 6.07. The highest BCUT2D eigenvalue weighted by Gasteiger charge is 2.28. The van der Waals surface area contributed by atoms with Gasteiger partial charge >= 0.3 is 0 Å². The first kappa shape index (κ1) is 73.0. The lowest BCUT2D eigenvalue weighted by molar-refractivity contribution is 1.07. The highest BCUT2D eigenvalue weighted by Crippen LogP contribution is 2.56. The summed E-state index contributed by atoms with van der Waals surface area (Å²) < 4.78 is 7.87. The predicted octanol–water partition coefficient (Wildman–Crippen LogP) is 32.1. The maximum atomic E-state index is 5.09. The summed E-state index contributed by atoms with van der Waals surface area (Å²) in [5.41, 5.74) is 13.7. The molecular weight excluding hydrogens is 1630 g/mol. The highest BCUT2D eigenvalue weighted by atomic mass is 32.1. The van der Waals surface area contributed by atoms with Crippen molar-refractivity contribution in [3.8, 4) is 125 Å². The third kappa shape index (κ3) is 11.7. The number of rotatable bonds is 11. The van der Waals surface area contributed by atoms with E-state index in [4.69, 9.17) is 44.9 Å². The summed E-state index contributed by atoms with van der Waals surface area (Å²) in [6.45, 7) is 0. The van der Waals surface area contributed by atoms with E-state index < -0.39 is 0 Å². The normalized spacial score (nSPS) is 12.0. The van der Waals surface area contributed by atoms with Crippen molar-refractivity contribution in [3.05, 3.63) is 394 Å². The summed E-state index contributed by atoms with van der Waals surface area (Å²) in [4.78, 5) is 44.7. The summed E-state index contributed by atoms with van der Waals surface area (Å²) in [6.07, 6.45) is 0. The SMILES string of the molecule is c1ccc(-c2nc(-c3ccccc3)nc(-c3cc4ccc5cccc6c7cccc8sc3c(c87)c4c56)n2)cc1.c1ccc(-c2nc(-c3ccccc3)nc(-c3ccc(-c4cc5ccc6cccc7c8cccc9sc4c(c98)c5c67)cc3)n2)cc1.c1ccc(-c2nc(-c3ccccc3)nc(-c3cccc(-c4cc5ccc6cccc7c8cccc9sc4c(c98)c5c67)c3)n2)cc1. The quantitative estimate of drug-likeness (QED) is 0.0922. The number of hydrogen-bond donors (Lipinski definition) is 0. The molecule has 596 valence electrons. The Kier molecular flexibility index (Phi) is 16.5. The standard InChI is InChI=1S/2C41H23N3S.C35H19N3S/c1-3-10-25(11-4-1)39-42-40(26-12-5-2-6-13-26)44-41(43-39)29-16-7-15-27(22-29)32-23-28-21-20-24-14-8-17-30-31-18-9-19-33-36(31)37(38(32)45-33)35(28)34(24)30;1-3-9-26(10-4-1)39-42-40(27-11-5-2-6-12-27)44-41(43-39)28-20-17-24(18-21-28)32-23-29-22-19-25-13-7-14-30-31-15-8-16-33-36(31)37(38(32)45-33)35(29)34(25)30;1-3-9-21(10-4-1)33-36-34(22-11-5-2-6-12-22)38-35(37-33)26-19-23-18-17-20-13-7-14-24-25-15-8-16-27-30(25)31(32(26)39-27)29(23)28(20)24/h2*1-23H;1-19H. The lowest BCUT2D eigenvalue weighted by Gasteiger charge is -2.16. The smallest absolute Gasteiger partial charge is 0.165 e. The van der Waals surface area contributed by atoms with E-state index in [-0.39, 0.29) is 0 Å². The first-order valence-electron chi connectivity index (χ1n) is 43.3. The molecule has 12 heteroatoms. The van der Waals surface area contributed by atoms with Gasteiger partial charge in [-0.2, -0.15) is 0 Å². The van der Waals surface area contributed by atoms with E-state index >= 15 is 0 Å². The van der Waals surface area contributed by atoms with Crippen molar-refractivity contribution in [2.24, 2.45) is 0 Å². The van der Waals surface area contributed by atoms with Crippen LogP contribution in [0.25, 0.3) is 282 Å². The summed E-state index contributed by atoms with van der Waals surface area (Å²) in [5, 5.41) is 32.0. The largest absolute Gasteiger partial charge is 0.208 e. The van der Waals surface area contributed by atoms with Crippen molar-refractivity contribution < 1.29 is 0 Å². The van der Waals surface area contributed by atoms with Gasteiger partial charge in [-0.05, 0) is 151 Å². The Labute approximate surface area is 749 Å². The lowest BCUT2D eigenvalue weighted by atomic mass is 9.87. The second kappa shape index (κ2) is 29.1. The molecule has 0 fully saturated rings. The molecule has 129 heavy (non-hydrogen) atoms. The fourth-order valence-corrected chi connectivity index (χ4v) is 23.9. The van der Waals surface area contributed by atoms with Crippen LogP contribution in [0.3, 0.4) is 0 Å². The molecule has 0 atom stereocenters. The maximum absolute atomic E-state index is 5.09. The highest BCUT2D eigenvalue weighted by molar-refractivity contribution is 7.27. The second-order valence-corrected chi connectivity index (χ2v) is 36.4. The van der Waals surface area contributed by atoms with Crippen molar-refractivity contribution in [2.75, 3.05) is 0 Å². The first-order chi connectivity index (χ1) is 63.9. The monoisotopic (exact) mass is 1690 g/mol. The van der Waals surface area contributed by atoms with Gasteiger partial charge in [-0.15, -0.1) is 34.0 Å². The van der Waals surface area contributed by atoms with Gasteiger partial charge in [0.05, 0.1) is 0 Å². The minimum Gasteiger partial charge on any atom is -0.208 e. The number of nitrogens with zero attached hydrogens (tertiary/aromatic N) is 9. The van der Waals surface area contributed by atoms with Gasteiger partial charge in [0.25, 0.3) is 0 Å². The van der Waals surface area contributed by atoms with Crippen LogP contribution >= 0.6 is 34.0 Å². The van der Waals surface area contributed by atoms with Crippen LogP contribution in [0, 0.1) is 0 Å². The molecule has 0 amide bonds. The van der Waals surface area contributed by atoms with E-state index in [0.717, 1.165) is 55.6 Å². The van der Waals surface area contributed by atoms with E-state index in [2.05, 4.69) is 237 Å². The topological polar surface area (TPSA) is 116 Å². The molecule has 29 rings (SSSR count). The van der Waals surface area contributed by atoms with Crippen LogP contribution in [0.5, 0.6) is 0 Å². The molecule has 0 aliphatic carbocycles. The van der Waals surface area contributed by atoms with Gasteiger partial charge in [-0.1, -0.05) is 352 Å². The predicted molar refractivity (Wildman–Crippen MR) is 543 cm³/mol. The van der Waals surface area contributed by atoms with Crippen molar-refractivity contribution in [1.82, 2.24) is 44.9 Å². The van der Waals surface area contributed by atoms with Crippen LogP contribution in [0.15, 0.2) is 394 Å². The third-order valence-electron chi connectivity index (χ3n) is 25.9. The minimum atomic E-state index is 0.664. The van der Waals surface area contributed by atoms with E-state index in [9.17, 15) is 0 Å². The van der Waals surface area contributed by atoms with Crippen LogP contribution < -0.4 is 0 Å². The van der Waals surface area contributed by atoms with Gasteiger partial charge in [0.2, 0.25) is 0 Å². The van der Waals surface area contributed by atoms with Gasteiger partial charge in [0.1, 0.15) is 0 Å². The molecule has 0 saturated carbocycles. The molecule has 0 unspecified atom stereocenters. The van der Waals surface area contributed by atoms with Crippen molar-refractivity contribution in [2.45, 2.75) is 0 Å². The summed E-state index contributed by atoms with van der Waals surface area (Å²) in [6, 6.07) is 139.